The SMILES string of the molecule is COc1cc2c(Oc3ccc4[nH]c(C)cc4c3F)ncnc2cc1OCCCN1CCN(CC(F)(F)F)CC1.COc1cc2c(Oc3ccc4[nH]c(C)cc4c3F)ncnc2cc1OCCCN1CCNCC1. The molecule has 0 spiro atoms. The fourth-order valence-electron chi connectivity index (χ4n) is 9.03. The van der Waals surface area contributed by atoms with Gasteiger partial charge in [-0.2, -0.15) is 13.2 Å². The van der Waals surface area contributed by atoms with Crippen molar-refractivity contribution in [2.45, 2.75) is 32.9 Å². The first-order chi connectivity index (χ1) is 35.3. The third-order valence-corrected chi connectivity index (χ3v) is 12.7. The van der Waals surface area contributed by atoms with E-state index in [4.69, 9.17) is 28.4 Å². The van der Waals surface area contributed by atoms with Crippen molar-refractivity contribution in [2.75, 3.05) is 99.4 Å². The average molecular weight is 1010 g/mol. The summed E-state index contributed by atoms with van der Waals surface area (Å²) >= 11 is 0. The van der Waals surface area contributed by atoms with Gasteiger partial charge in [0.05, 0.1) is 55.8 Å². The van der Waals surface area contributed by atoms with Crippen molar-refractivity contribution < 1.29 is 50.4 Å². The number of rotatable bonds is 17. The maximum Gasteiger partial charge on any atom is 0.401 e. The summed E-state index contributed by atoms with van der Waals surface area (Å²) in [6.45, 7) is 11.7. The molecule has 16 nitrogen and oxygen atoms in total. The molecule has 2 aliphatic heterocycles. The van der Waals surface area contributed by atoms with Crippen molar-refractivity contribution in [3.8, 4) is 46.3 Å². The number of benzene rings is 4. The summed E-state index contributed by atoms with van der Waals surface area (Å²) in [5.41, 5.74) is 4.28. The molecule has 8 aromatic rings. The van der Waals surface area contributed by atoms with Crippen LogP contribution in [0.4, 0.5) is 22.0 Å². The lowest BCUT2D eigenvalue weighted by Crippen LogP contribution is -2.49. The summed E-state index contributed by atoms with van der Waals surface area (Å²) < 4.78 is 103. The van der Waals surface area contributed by atoms with Crippen LogP contribution in [0.5, 0.6) is 46.3 Å². The minimum Gasteiger partial charge on any atom is -0.493 e. The number of aromatic nitrogens is 6. The van der Waals surface area contributed by atoms with Gasteiger partial charge in [-0.1, -0.05) is 0 Å². The van der Waals surface area contributed by atoms with Crippen molar-refractivity contribution in [1.29, 1.82) is 0 Å². The van der Waals surface area contributed by atoms with E-state index >= 15 is 8.78 Å². The van der Waals surface area contributed by atoms with Crippen LogP contribution in [0.15, 0.2) is 73.3 Å². The molecule has 386 valence electrons. The average Bonchev–Trinajstić information content (AvgIpc) is 3.98. The molecule has 10 rings (SSSR count). The fourth-order valence-corrected chi connectivity index (χ4v) is 9.03. The van der Waals surface area contributed by atoms with Crippen LogP contribution in [0, 0.1) is 25.5 Å². The molecule has 0 unspecified atom stereocenters. The van der Waals surface area contributed by atoms with Gasteiger partial charge in [-0.25, -0.2) is 28.7 Å². The van der Waals surface area contributed by atoms with Crippen molar-refractivity contribution in [1.82, 2.24) is 49.9 Å². The van der Waals surface area contributed by atoms with E-state index in [1.54, 1.807) is 61.7 Å². The molecule has 3 N–H and O–H groups in total. The lowest BCUT2D eigenvalue weighted by atomic mass is 10.2. The number of alkyl halides is 3. The number of halogens is 5. The van der Waals surface area contributed by atoms with E-state index in [9.17, 15) is 13.2 Å². The van der Waals surface area contributed by atoms with E-state index in [0.717, 1.165) is 56.0 Å². The normalized spacial score (nSPS) is 14.9. The maximum atomic E-state index is 15.1. The van der Waals surface area contributed by atoms with E-state index in [2.05, 4.69) is 45.0 Å². The highest BCUT2D eigenvalue weighted by atomic mass is 19.4. The van der Waals surface area contributed by atoms with Gasteiger partial charge in [-0.15, -0.1) is 0 Å². The molecule has 2 aliphatic rings. The molecule has 6 heterocycles. The van der Waals surface area contributed by atoms with Gasteiger partial charge in [-0.3, -0.25) is 4.90 Å². The molecule has 0 aliphatic carbocycles. The first kappa shape index (κ1) is 50.9. The summed E-state index contributed by atoms with van der Waals surface area (Å²) in [7, 11) is 3.10. The number of H-pyrrole nitrogens is 2. The Hall–Kier alpha value is -7.07. The molecule has 2 saturated heterocycles. The zero-order chi connectivity index (χ0) is 51.1. The second-order valence-electron chi connectivity index (χ2n) is 17.9. The van der Waals surface area contributed by atoms with Crippen LogP contribution in [0.2, 0.25) is 0 Å². The number of fused-ring (bicyclic) bond motifs is 4. The maximum absolute atomic E-state index is 15.1. The predicted molar refractivity (Wildman–Crippen MR) is 267 cm³/mol. The van der Waals surface area contributed by atoms with Gasteiger partial charge in [0.25, 0.3) is 0 Å². The van der Waals surface area contributed by atoms with E-state index < -0.39 is 24.4 Å². The van der Waals surface area contributed by atoms with Crippen molar-refractivity contribution in [3.63, 3.8) is 0 Å². The fraction of sp³-hybridized carbons (Fsp3) is 0.385. The Morgan fingerprint density at radius 3 is 1.44 bits per heavy atom. The van der Waals surface area contributed by atoms with E-state index in [1.807, 2.05) is 19.9 Å². The molecular weight excluding hydrogens is 956 g/mol. The molecule has 0 radical (unpaired) electrons. The van der Waals surface area contributed by atoms with E-state index in [-0.39, 0.29) is 23.3 Å². The number of nitrogens with zero attached hydrogens (tertiary/aromatic N) is 7. The molecule has 73 heavy (non-hydrogen) atoms. The summed E-state index contributed by atoms with van der Waals surface area (Å²) in [6.07, 6.45) is 0.177. The summed E-state index contributed by atoms with van der Waals surface area (Å²) in [5, 5.41) is 5.40. The smallest absolute Gasteiger partial charge is 0.401 e. The van der Waals surface area contributed by atoms with Crippen LogP contribution in [-0.2, 0) is 0 Å². The molecule has 0 atom stereocenters. The number of aryl methyl sites for hydroxylation is 2. The van der Waals surface area contributed by atoms with Crippen molar-refractivity contribution >= 4 is 43.6 Å². The Morgan fingerprint density at radius 2 is 0.986 bits per heavy atom. The first-order valence-corrected chi connectivity index (χ1v) is 24.1. The van der Waals surface area contributed by atoms with Crippen LogP contribution in [0.1, 0.15) is 24.2 Å². The molecule has 4 aromatic carbocycles. The van der Waals surface area contributed by atoms with Gasteiger partial charge in [0.1, 0.15) is 12.7 Å². The van der Waals surface area contributed by atoms with Crippen LogP contribution in [-0.4, -0.2) is 150 Å². The van der Waals surface area contributed by atoms with Gasteiger partial charge < -0.3 is 53.5 Å². The highest BCUT2D eigenvalue weighted by molar-refractivity contribution is 5.89. The lowest BCUT2D eigenvalue weighted by Gasteiger charge is -2.34. The number of methoxy groups -OCH3 is 2. The number of hydrogen-bond donors (Lipinski definition) is 3. The Labute approximate surface area is 417 Å². The molecule has 2 fully saturated rings. The van der Waals surface area contributed by atoms with Gasteiger partial charge >= 0.3 is 6.18 Å². The van der Waals surface area contributed by atoms with Gasteiger partial charge in [0.2, 0.25) is 11.8 Å². The number of hydrogen-bond acceptors (Lipinski definition) is 14. The Kier molecular flexibility index (Phi) is 15.9. The topological polar surface area (TPSA) is 160 Å². The molecule has 21 heteroatoms. The van der Waals surface area contributed by atoms with Gasteiger partial charge in [-0.05, 0) is 75.2 Å². The minimum absolute atomic E-state index is 0.0417. The predicted octanol–water partition coefficient (Wildman–Crippen LogP) is 9.34. The van der Waals surface area contributed by atoms with Crippen molar-refractivity contribution in [2.24, 2.45) is 0 Å². The standard InChI is InChI=1S/C27H29F4N5O3.C25H28FN5O3/c1-17-12-18-20(34-17)4-5-22(25(18)28)39-26-19-13-23(37-2)24(14-21(19)32-16-33-26)38-11-3-6-35-7-9-36(10-8-35)15-27(29,30)31;1-16-12-17-19(30-16)4-5-21(24(17)26)34-25-18-13-22(32-2)23(14-20(18)28-15-29-25)33-11-3-8-31-9-6-27-7-10-31/h4-5,12-14,16,34H,3,6-11,15H2,1-2H3;4-5,12-15,27,30H,3,6-11H2,1-2H3. The number of piperazine rings is 2. The lowest BCUT2D eigenvalue weighted by molar-refractivity contribution is -0.149. The number of ether oxygens (including phenoxy) is 6. The van der Waals surface area contributed by atoms with Crippen LogP contribution in [0.25, 0.3) is 43.6 Å². The summed E-state index contributed by atoms with van der Waals surface area (Å²) in [5.74, 6) is 1.72. The third-order valence-electron chi connectivity index (χ3n) is 12.7. The van der Waals surface area contributed by atoms with E-state index in [0.29, 0.717) is 113 Å². The first-order valence-electron chi connectivity index (χ1n) is 24.1. The Bertz CT molecular complexity index is 3180. The molecular formula is C52H57F5N10O6. The highest BCUT2D eigenvalue weighted by Crippen LogP contribution is 2.39. The van der Waals surface area contributed by atoms with Gasteiger partial charge in [0.15, 0.2) is 46.1 Å². The number of aromatic amines is 2. The molecule has 0 bridgehead atoms. The number of nitrogens with one attached hydrogen (secondary N) is 3. The van der Waals surface area contributed by atoms with Gasteiger partial charge in [0, 0.05) is 111 Å². The van der Waals surface area contributed by atoms with Crippen LogP contribution >= 0.6 is 0 Å². The minimum atomic E-state index is -4.17. The largest absolute Gasteiger partial charge is 0.493 e. The van der Waals surface area contributed by atoms with Crippen LogP contribution < -0.4 is 33.7 Å². The van der Waals surface area contributed by atoms with Crippen LogP contribution in [0.3, 0.4) is 0 Å². The van der Waals surface area contributed by atoms with E-state index in [1.165, 1.54) is 24.7 Å². The summed E-state index contributed by atoms with van der Waals surface area (Å²) in [6, 6.07) is 17.1. The van der Waals surface area contributed by atoms with Crippen molar-refractivity contribution in [3.05, 3.63) is 96.3 Å². The Balaban J connectivity index is 0.000000181. The zero-order valence-electron chi connectivity index (χ0n) is 41.0. The second kappa shape index (κ2) is 22.8. The monoisotopic (exact) mass is 1010 g/mol. The quantitative estimate of drug-likeness (QED) is 0.0585. The molecule has 4 aromatic heterocycles. The zero-order valence-corrected chi connectivity index (χ0v) is 41.0. The Morgan fingerprint density at radius 1 is 0.534 bits per heavy atom. The second-order valence-corrected chi connectivity index (χ2v) is 17.9. The summed E-state index contributed by atoms with van der Waals surface area (Å²) in [4.78, 5) is 29.3. The molecule has 0 amide bonds. The third kappa shape index (κ3) is 12.4. The molecule has 0 saturated carbocycles. The highest BCUT2D eigenvalue weighted by Gasteiger charge is 2.32.